The van der Waals surface area contributed by atoms with Gasteiger partial charge in [0.1, 0.15) is 11.6 Å². The molecule has 0 spiro atoms. The van der Waals surface area contributed by atoms with E-state index in [0.29, 0.717) is 17.1 Å². The lowest BCUT2D eigenvalue weighted by molar-refractivity contribution is -0.134. The lowest BCUT2D eigenvalue weighted by atomic mass is 10.1. The number of amides is 1. The molecule has 0 N–H and O–H groups in total. The fourth-order valence-corrected chi connectivity index (χ4v) is 3.47. The van der Waals surface area contributed by atoms with Crippen molar-refractivity contribution >= 4 is 17.7 Å². The molecule has 29 heavy (non-hydrogen) atoms. The Morgan fingerprint density at radius 2 is 1.97 bits per heavy atom. The van der Waals surface area contributed by atoms with Gasteiger partial charge < -0.3 is 4.74 Å². The van der Waals surface area contributed by atoms with E-state index < -0.39 is 0 Å². The molecule has 5 nitrogen and oxygen atoms in total. The largest absolute Gasteiger partial charge is 0.426 e. The number of ether oxygens (including phenoxy) is 1. The molecule has 144 valence electrons. The van der Waals surface area contributed by atoms with Gasteiger partial charge in [0, 0.05) is 24.4 Å². The van der Waals surface area contributed by atoms with Crippen LogP contribution >= 0.6 is 0 Å². The maximum absolute atomic E-state index is 12.9. The van der Waals surface area contributed by atoms with Gasteiger partial charge in [-0.05, 0) is 66.8 Å². The summed E-state index contributed by atoms with van der Waals surface area (Å²) >= 11 is 0. The van der Waals surface area contributed by atoms with Gasteiger partial charge in [-0.1, -0.05) is 24.3 Å². The van der Waals surface area contributed by atoms with Gasteiger partial charge >= 0.3 is 5.97 Å². The van der Waals surface area contributed by atoms with Crippen LogP contribution in [-0.4, -0.2) is 23.4 Å². The molecule has 1 aliphatic rings. The van der Waals surface area contributed by atoms with Crippen molar-refractivity contribution in [2.24, 2.45) is 0 Å². The van der Waals surface area contributed by atoms with Crippen molar-refractivity contribution in [1.29, 1.82) is 0 Å². The molecule has 5 heteroatoms. The maximum Gasteiger partial charge on any atom is 0.312 e. The van der Waals surface area contributed by atoms with Gasteiger partial charge in [0.25, 0.3) is 5.91 Å². The van der Waals surface area contributed by atoms with E-state index in [2.05, 4.69) is 17.1 Å². The van der Waals surface area contributed by atoms with E-state index in [-0.39, 0.29) is 24.8 Å². The Hall–Kier alpha value is -3.65. The minimum Gasteiger partial charge on any atom is -0.426 e. The topological polar surface area (TPSA) is 59.5 Å². The number of nitrogens with zero attached hydrogens (tertiary/aromatic N) is 2. The van der Waals surface area contributed by atoms with Crippen LogP contribution in [0, 0.1) is 12.1 Å². The molecule has 0 saturated carbocycles. The molecular formula is C24H20N2O3. The number of hydrogen-bond donors (Lipinski definition) is 0. The third kappa shape index (κ3) is 4.44. The van der Waals surface area contributed by atoms with Crippen LogP contribution in [0.3, 0.4) is 0 Å². The number of carbonyl (C=O) groups is 2. The average Bonchev–Trinajstić information content (AvgIpc) is 3.23. The molecule has 4 rings (SSSR count). The van der Waals surface area contributed by atoms with Gasteiger partial charge in [0.05, 0.1) is 6.42 Å². The fraction of sp³-hybridized carbons (Fsp3) is 0.208. The number of aryl methyl sites for hydroxylation is 2. The summed E-state index contributed by atoms with van der Waals surface area (Å²) in [7, 11) is 0. The van der Waals surface area contributed by atoms with E-state index in [1.165, 1.54) is 16.0 Å². The first-order valence-electron chi connectivity index (χ1n) is 9.64. The van der Waals surface area contributed by atoms with Crippen molar-refractivity contribution in [3.63, 3.8) is 0 Å². The van der Waals surface area contributed by atoms with Crippen LogP contribution in [0.25, 0.3) is 0 Å². The average molecular weight is 384 g/mol. The number of esters is 1. The molecule has 1 heterocycles. The van der Waals surface area contributed by atoms with E-state index in [1.807, 2.05) is 18.2 Å². The number of benzene rings is 1. The predicted octanol–water partition coefficient (Wildman–Crippen LogP) is 3.81. The Kier molecular flexibility index (Phi) is 5.53. The van der Waals surface area contributed by atoms with Crippen LogP contribution in [0.4, 0.5) is 5.82 Å². The maximum atomic E-state index is 12.9. The summed E-state index contributed by atoms with van der Waals surface area (Å²) < 4.78 is 5.50. The number of rotatable bonds is 6. The molecule has 0 aliphatic heterocycles. The summed E-state index contributed by atoms with van der Waals surface area (Å²) in [5.74, 6) is 0.402. The Morgan fingerprint density at radius 1 is 1.07 bits per heavy atom. The van der Waals surface area contributed by atoms with E-state index in [0.717, 1.165) is 19.3 Å². The molecule has 1 amide bonds. The number of carbonyl (C=O) groups excluding carboxylic acids is 2. The first-order valence-corrected chi connectivity index (χ1v) is 9.64. The summed E-state index contributed by atoms with van der Waals surface area (Å²) in [5.41, 5.74) is 3.03. The number of anilines is 1. The normalized spacial score (nSPS) is 12.0. The monoisotopic (exact) mass is 384 g/mol. The van der Waals surface area contributed by atoms with E-state index in [9.17, 15) is 9.59 Å². The Labute approximate surface area is 170 Å². The SMILES string of the molecule is O=C(CCN(C(=O)c1cc#ccc1)c1ccccn1)Oc1ccc2c(c1)CCC2. The van der Waals surface area contributed by atoms with Crippen LogP contribution in [0.15, 0.2) is 60.8 Å². The first kappa shape index (κ1) is 18.7. The van der Waals surface area contributed by atoms with Crippen molar-refractivity contribution < 1.29 is 14.3 Å². The van der Waals surface area contributed by atoms with Crippen molar-refractivity contribution in [3.05, 3.63) is 89.6 Å². The van der Waals surface area contributed by atoms with Gasteiger partial charge in [-0.3, -0.25) is 14.5 Å². The van der Waals surface area contributed by atoms with Crippen molar-refractivity contribution in [1.82, 2.24) is 4.98 Å². The second-order valence-corrected chi connectivity index (χ2v) is 6.87. The van der Waals surface area contributed by atoms with Crippen molar-refractivity contribution in [2.75, 3.05) is 11.4 Å². The number of pyridine rings is 1. The van der Waals surface area contributed by atoms with E-state index in [4.69, 9.17) is 4.74 Å². The molecule has 2 aromatic carbocycles. The second kappa shape index (κ2) is 8.57. The Bertz CT molecular complexity index is 1000. The third-order valence-electron chi connectivity index (χ3n) is 4.92. The molecule has 0 atom stereocenters. The van der Waals surface area contributed by atoms with Gasteiger partial charge in [0.15, 0.2) is 0 Å². The molecule has 3 aromatic rings. The molecule has 0 fully saturated rings. The minimum absolute atomic E-state index is 0.0576. The summed E-state index contributed by atoms with van der Waals surface area (Å²) in [6.45, 7) is 0.165. The zero-order valence-corrected chi connectivity index (χ0v) is 15.9. The summed E-state index contributed by atoms with van der Waals surface area (Å²) in [6.07, 6.45) is 4.92. The van der Waals surface area contributed by atoms with Crippen LogP contribution in [-0.2, 0) is 17.6 Å². The van der Waals surface area contributed by atoms with Crippen LogP contribution < -0.4 is 9.64 Å². The fourth-order valence-electron chi connectivity index (χ4n) is 3.47. The standard InChI is InChI=1S/C24H20N2O3/c27-23(29-21-13-12-18-9-6-10-20(18)17-21)14-16-26(22-11-4-5-15-25-22)24(28)19-7-2-1-3-8-19/h2,4-5,7-8,11-13,15,17H,6,9-10,14,16H2. The first-order chi connectivity index (χ1) is 14.2. The molecular weight excluding hydrogens is 364 g/mol. The highest BCUT2D eigenvalue weighted by Gasteiger charge is 2.20. The van der Waals surface area contributed by atoms with Gasteiger partial charge in [0.2, 0.25) is 0 Å². The number of aromatic nitrogens is 1. The highest BCUT2D eigenvalue weighted by molar-refractivity contribution is 6.05. The highest BCUT2D eigenvalue weighted by Crippen LogP contribution is 2.26. The zero-order valence-electron chi connectivity index (χ0n) is 15.9. The molecule has 0 unspecified atom stereocenters. The minimum atomic E-state index is -0.385. The Balaban J connectivity index is 1.45. The summed E-state index contributed by atoms with van der Waals surface area (Å²) in [4.78, 5) is 31.1. The quantitative estimate of drug-likeness (QED) is 0.479. The van der Waals surface area contributed by atoms with Crippen molar-refractivity contribution in [2.45, 2.75) is 25.7 Å². The molecule has 1 aliphatic carbocycles. The van der Waals surface area contributed by atoms with Gasteiger partial charge in [-0.25, -0.2) is 4.98 Å². The van der Waals surface area contributed by atoms with Crippen LogP contribution in [0.5, 0.6) is 5.75 Å². The highest BCUT2D eigenvalue weighted by atomic mass is 16.5. The van der Waals surface area contributed by atoms with Crippen molar-refractivity contribution in [3.8, 4) is 5.75 Å². The Morgan fingerprint density at radius 3 is 2.76 bits per heavy atom. The predicted molar refractivity (Wildman–Crippen MR) is 109 cm³/mol. The van der Waals surface area contributed by atoms with Crippen LogP contribution in [0.1, 0.15) is 34.3 Å². The summed E-state index contributed by atoms with van der Waals surface area (Å²) in [6, 6.07) is 21.5. The summed E-state index contributed by atoms with van der Waals surface area (Å²) in [5, 5.41) is 0. The molecule has 0 radical (unpaired) electrons. The zero-order chi connectivity index (χ0) is 20.1. The van der Waals surface area contributed by atoms with Gasteiger partial charge in [-0.15, -0.1) is 0 Å². The molecule has 1 aromatic heterocycles. The molecule has 0 bridgehead atoms. The van der Waals surface area contributed by atoms with E-state index in [1.54, 1.807) is 42.6 Å². The lowest BCUT2D eigenvalue weighted by Crippen LogP contribution is -2.34. The van der Waals surface area contributed by atoms with Crippen LogP contribution in [0.2, 0.25) is 0 Å². The van der Waals surface area contributed by atoms with Gasteiger partial charge in [-0.2, -0.15) is 0 Å². The van der Waals surface area contributed by atoms with E-state index >= 15 is 0 Å². The number of fused-ring (bicyclic) bond motifs is 1. The lowest BCUT2D eigenvalue weighted by Gasteiger charge is -2.21. The molecule has 0 saturated heterocycles. The number of hydrogen-bond acceptors (Lipinski definition) is 4. The second-order valence-electron chi connectivity index (χ2n) is 6.87. The third-order valence-corrected chi connectivity index (χ3v) is 4.92. The smallest absolute Gasteiger partial charge is 0.312 e.